The third-order valence-corrected chi connectivity index (χ3v) is 3.16. The number of hydrogen-bond donors (Lipinski definition) is 2. The molecule has 0 spiro atoms. The molecular formula is C13H14F6N2O3. The summed E-state index contributed by atoms with van der Waals surface area (Å²) in [5, 5.41) is 2.79. The average Bonchev–Trinajstić information content (AvgIpc) is 2.44. The fraction of sp³-hybridized carbons (Fsp3) is 0.462. The average molecular weight is 360 g/mol. The normalized spacial score (nSPS) is 12.5. The molecule has 2 N–H and O–H groups in total. The minimum Gasteiger partial charge on any atom is -0.494 e. The van der Waals surface area contributed by atoms with Crippen molar-refractivity contribution in [1.82, 2.24) is 5.32 Å². The Hall–Kier alpha value is -2.33. The van der Waals surface area contributed by atoms with Crippen molar-refractivity contribution < 1.29 is 40.6 Å². The maximum atomic E-state index is 12.8. The van der Waals surface area contributed by atoms with E-state index in [2.05, 4.69) is 0 Å². The number of rotatable bonds is 4. The highest BCUT2D eigenvalue weighted by Crippen LogP contribution is 2.43. The molecule has 0 saturated heterocycles. The standard InChI is InChI=1S/C13H14F6N2O3/c1-11(12(14,15)16,13(17,18)19)21-10(22)20-9-7(23-2)5-4-6-8(9)24-3/h4-6H,1-3H3,(H2,20,21,22). The van der Waals surface area contributed by atoms with E-state index >= 15 is 0 Å². The van der Waals surface area contributed by atoms with Crippen LogP contribution in [-0.2, 0) is 0 Å². The first-order valence-corrected chi connectivity index (χ1v) is 6.31. The summed E-state index contributed by atoms with van der Waals surface area (Å²) in [5.74, 6) is -0.0181. The minimum absolute atomic E-state index is 0.00906. The summed E-state index contributed by atoms with van der Waals surface area (Å²) in [6, 6.07) is 2.40. The van der Waals surface area contributed by atoms with Crippen molar-refractivity contribution in [3.8, 4) is 11.5 Å². The molecule has 0 aliphatic heterocycles. The summed E-state index contributed by atoms with van der Waals surface area (Å²) < 4.78 is 86.4. The molecule has 0 heterocycles. The van der Waals surface area contributed by atoms with Crippen LogP contribution < -0.4 is 20.1 Å². The lowest BCUT2D eigenvalue weighted by atomic mass is 10.0. The molecule has 1 rings (SSSR count). The van der Waals surface area contributed by atoms with Gasteiger partial charge in [-0.25, -0.2) is 4.79 Å². The van der Waals surface area contributed by atoms with Crippen LogP contribution in [0.15, 0.2) is 18.2 Å². The van der Waals surface area contributed by atoms with Crippen LogP contribution in [0, 0.1) is 0 Å². The lowest BCUT2D eigenvalue weighted by molar-refractivity contribution is -0.297. The number of para-hydroxylation sites is 1. The van der Waals surface area contributed by atoms with Crippen LogP contribution in [0.3, 0.4) is 0 Å². The first-order chi connectivity index (χ1) is 10.9. The Morgan fingerprint density at radius 3 is 1.71 bits per heavy atom. The molecule has 24 heavy (non-hydrogen) atoms. The Kier molecular flexibility index (Phi) is 5.47. The van der Waals surface area contributed by atoms with E-state index in [0.717, 1.165) is 5.32 Å². The van der Waals surface area contributed by atoms with Gasteiger partial charge in [0.2, 0.25) is 5.54 Å². The third-order valence-electron chi connectivity index (χ3n) is 3.16. The van der Waals surface area contributed by atoms with Crippen molar-refractivity contribution in [3.63, 3.8) is 0 Å². The Morgan fingerprint density at radius 2 is 1.38 bits per heavy atom. The molecule has 0 fully saturated rings. The summed E-state index contributed by atoms with van der Waals surface area (Å²) in [7, 11) is 2.40. The van der Waals surface area contributed by atoms with E-state index in [4.69, 9.17) is 9.47 Å². The molecule has 1 aromatic rings. The van der Waals surface area contributed by atoms with E-state index in [1.807, 2.05) is 5.32 Å². The zero-order chi connectivity index (χ0) is 18.8. The smallest absolute Gasteiger partial charge is 0.420 e. The molecule has 0 radical (unpaired) electrons. The predicted molar refractivity (Wildman–Crippen MR) is 72.2 cm³/mol. The Bertz CT molecular complexity index is 564. The highest BCUT2D eigenvalue weighted by molar-refractivity contribution is 5.93. The Labute approximate surface area is 132 Å². The predicted octanol–water partition coefficient (Wildman–Crippen LogP) is 3.71. The summed E-state index contributed by atoms with van der Waals surface area (Å²) in [6.45, 7) is -0.175. The van der Waals surface area contributed by atoms with Crippen LogP contribution in [-0.4, -0.2) is 38.1 Å². The van der Waals surface area contributed by atoms with Crippen LogP contribution in [0.4, 0.5) is 36.8 Å². The molecule has 11 heteroatoms. The van der Waals surface area contributed by atoms with Gasteiger partial charge >= 0.3 is 18.4 Å². The third kappa shape index (κ3) is 3.77. The van der Waals surface area contributed by atoms with E-state index in [0.29, 0.717) is 0 Å². The second-order valence-corrected chi connectivity index (χ2v) is 4.74. The van der Waals surface area contributed by atoms with Crippen LogP contribution in [0.2, 0.25) is 0 Å². The largest absolute Gasteiger partial charge is 0.494 e. The number of halogens is 6. The van der Waals surface area contributed by atoms with Gasteiger partial charge in [-0.1, -0.05) is 6.07 Å². The first-order valence-electron chi connectivity index (χ1n) is 6.31. The zero-order valence-corrected chi connectivity index (χ0v) is 12.7. The van der Waals surface area contributed by atoms with Gasteiger partial charge in [-0.15, -0.1) is 0 Å². The van der Waals surface area contributed by atoms with Crippen molar-refractivity contribution in [1.29, 1.82) is 0 Å². The minimum atomic E-state index is -5.76. The van der Waals surface area contributed by atoms with E-state index in [1.54, 1.807) is 0 Å². The van der Waals surface area contributed by atoms with E-state index in [1.165, 1.54) is 32.4 Å². The number of alkyl halides is 6. The number of nitrogens with one attached hydrogen (secondary N) is 2. The fourth-order valence-corrected chi connectivity index (χ4v) is 1.65. The molecule has 0 bridgehead atoms. The van der Waals surface area contributed by atoms with Gasteiger partial charge in [-0.2, -0.15) is 26.3 Å². The Morgan fingerprint density at radius 1 is 0.958 bits per heavy atom. The van der Waals surface area contributed by atoms with Crippen molar-refractivity contribution in [3.05, 3.63) is 18.2 Å². The lowest BCUT2D eigenvalue weighted by Gasteiger charge is -2.34. The van der Waals surface area contributed by atoms with Crippen molar-refractivity contribution in [2.24, 2.45) is 0 Å². The van der Waals surface area contributed by atoms with Crippen molar-refractivity contribution in [2.45, 2.75) is 24.8 Å². The molecule has 0 unspecified atom stereocenters. The van der Waals surface area contributed by atoms with Gasteiger partial charge in [0.1, 0.15) is 17.2 Å². The number of urea groups is 1. The number of ether oxygens (including phenoxy) is 2. The number of amides is 2. The highest BCUT2D eigenvalue weighted by Gasteiger charge is 2.68. The molecule has 136 valence electrons. The number of methoxy groups -OCH3 is 2. The summed E-state index contributed by atoms with van der Waals surface area (Å²) in [5.41, 5.74) is -4.65. The summed E-state index contributed by atoms with van der Waals surface area (Å²) in [6.07, 6.45) is -11.5. The molecule has 0 saturated carbocycles. The topological polar surface area (TPSA) is 59.6 Å². The highest BCUT2D eigenvalue weighted by atomic mass is 19.4. The van der Waals surface area contributed by atoms with Gasteiger partial charge in [0.25, 0.3) is 0 Å². The van der Waals surface area contributed by atoms with Crippen LogP contribution in [0.5, 0.6) is 11.5 Å². The molecular weight excluding hydrogens is 346 g/mol. The van der Waals surface area contributed by atoms with E-state index in [-0.39, 0.29) is 24.1 Å². The maximum Gasteiger partial charge on any atom is 0.420 e. The van der Waals surface area contributed by atoms with Gasteiger partial charge in [-0.3, -0.25) is 0 Å². The van der Waals surface area contributed by atoms with Crippen LogP contribution in [0.25, 0.3) is 0 Å². The number of carbonyl (C=O) groups is 1. The van der Waals surface area contributed by atoms with Gasteiger partial charge in [0.05, 0.1) is 14.2 Å². The van der Waals surface area contributed by atoms with Crippen LogP contribution in [0.1, 0.15) is 6.92 Å². The van der Waals surface area contributed by atoms with Gasteiger partial charge in [-0.05, 0) is 19.1 Å². The van der Waals surface area contributed by atoms with Crippen LogP contribution >= 0.6 is 0 Å². The summed E-state index contributed by atoms with van der Waals surface area (Å²) in [4.78, 5) is 11.7. The Balaban J connectivity index is 3.13. The number of hydrogen-bond acceptors (Lipinski definition) is 3. The molecule has 0 aromatic heterocycles. The summed E-state index contributed by atoms with van der Waals surface area (Å²) >= 11 is 0. The molecule has 0 aliphatic rings. The second-order valence-electron chi connectivity index (χ2n) is 4.74. The second kappa shape index (κ2) is 6.65. The quantitative estimate of drug-likeness (QED) is 0.805. The molecule has 0 aliphatic carbocycles. The maximum absolute atomic E-state index is 12.8. The monoisotopic (exact) mass is 360 g/mol. The zero-order valence-electron chi connectivity index (χ0n) is 12.7. The van der Waals surface area contributed by atoms with Gasteiger partial charge in [0.15, 0.2) is 0 Å². The fourth-order valence-electron chi connectivity index (χ4n) is 1.65. The SMILES string of the molecule is COc1cccc(OC)c1NC(=O)NC(C)(C(F)(F)F)C(F)(F)F. The number of anilines is 1. The van der Waals surface area contributed by atoms with E-state index < -0.39 is 23.9 Å². The molecule has 1 aromatic carbocycles. The van der Waals surface area contributed by atoms with E-state index in [9.17, 15) is 31.1 Å². The number of carbonyl (C=O) groups excluding carboxylic acids is 1. The van der Waals surface area contributed by atoms with Gasteiger partial charge in [0, 0.05) is 0 Å². The number of benzene rings is 1. The van der Waals surface area contributed by atoms with Crippen molar-refractivity contribution in [2.75, 3.05) is 19.5 Å². The molecule has 0 atom stereocenters. The van der Waals surface area contributed by atoms with Crippen molar-refractivity contribution >= 4 is 11.7 Å². The molecule has 2 amide bonds. The first kappa shape index (κ1) is 19.7. The van der Waals surface area contributed by atoms with Gasteiger partial charge < -0.3 is 20.1 Å². The lowest BCUT2D eigenvalue weighted by Crippen LogP contribution is -2.66. The molecule has 5 nitrogen and oxygen atoms in total.